The van der Waals surface area contributed by atoms with Gasteiger partial charge in [-0.1, -0.05) is 19.9 Å². The molecule has 8 heteroatoms. The molecule has 2 aromatic carbocycles. The number of methoxy groups -OCH3 is 1. The minimum absolute atomic E-state index is 0.0556. The Kier molecular flexibility index (Phi) is 9.47. The molecule has 36 heavy (non-hydrogen) atoms. The Balaban J connectivity index is 2.08. The van der Waals surface area contributed by atoms with E-state index in [9.17, 15) is 19.1 Å². The SMILES string of the molecule is CCOc1cc(C2C(=C(O)c3ccc(F)cc3)C(=O)C(=O)N2CCCOC)ccc1OCCC(C)C. The van der Waals surface area contributed by atoms with Crippen LogP contribution in [0.15, 0.2) is 48.0 Å². The van der Waals surface area contributed by atoms with E-state index in [-0.39, 0.29) is 23.4 Å². The third-order valence-electron chi connectivity index (χ3n) is 5.94. The fourth-order valence-corrected chi connectivity index (χ4v) is 4.09. The predicted molar refractivity (Wildman–Crippen MR) is 134 cm³/mol. The Bertz CT molecular complexity index is 1100. The van der Waals surface area contributed by atoms with E-state index in [0.717, 1.165) is 6.42 Å². The van der Waals surface area contributed by atoms with Gasteiger partial charge in [-0.2, -0.15) is 0 Å². The van der Waals surface area contributed by atoms with E-state index in [4.69, 9.17) is 14.2 Å². The van der Waals surface area contributed by atoms with Crippen molar-refractivity contribution in [2.75, 3.05) is 33.5 Å². The molecule has 7 nitrogen and oxygen atoms in total. The fraction of sp³-hybridized carbons (Fsp3) is 0.429. The molecule has 0 radical (unpaired) electrons. The van der Waals surface area contributed by atoms with E-state index in [1.54, 1.807) is 25.3 Å². The van der Waals surface area contributed by atoms with Crippen LogP contribution in [0.2, 0.25) is 0 Å². The van der Waals surface area contributed by atoms with Gasteiger partial charge in [0.1, 0.15) is 11.6 Å². The lowest BCUT2D eigenvalue weighted by Crippen LogP contribution is -2.31. The number of hydrogen-bond acceptors (Lipinski definition) is 6. The van der Waals surface area contributed by atoms with Gasteiger partial charge in [-0.3, -0.25) is 9.59 Å². The highest BCUT2D eigenvalue weighted by atomic mass is 19.1. The highest BCUT2D eigenvalue weighted by molar-refractivity contribution is 6.46. The van der Waals surface area contributed by atoms with E-state index < -0.39 is 23.5 Å². The van der Waals surface area contributed by atoms with E-state index in [2.05, 4.69) is 13.8 Å². The smallest absolute Gasteiger partial charge is 0.295 e. The van der Waals surface area contributed by atoms with Crippen LogP contribution in [0, 0.1) is 11.7 Å². The maximum atomic E-state index is 13.5. The lowest BCUT2D eigenvalue weighted by Gasteiger charge is -2.26. The maximum Gasteiger partial charge on any atom is 0.295 e. The van der Waals surface area contributed by atoms with Gasteiger partial charge in [0.05, 0.1) is 24.8 Å². The number of hydrogen-bond donors (Lipinski definition) is 1. The van der Waals surface area contributed by atoms with E-state index in [1.807, 2.05) is 6.92 Å². The molecule has 1 atom stereocenters. The number of amides is 1. The minimum atomic E-state index is -0.851. The van der Waals surface area contributed by atoms with Crippen molar-refractivity contribution < 1.29 is 33.3 Å². The topological polar surface area (TPSA) is 85.3 Å². The molecule has 0 bridgehead atoms. The first-order valence-electron chi connectivity index (χ1n) is 12.2. The minimum Gasteiger partial charge on any atom is -0.507 e. The summed E-state index contributed by atoms with van der Waals surface area (Å²) in [7, 11) is 1.56. The summed E-state index contributed by atoms with van der Waals surface area (Å²) in [5.74, 6) is -0.804. The van der Waals surface area contributed by atoms with Gasteiger partial charge in [0.15, 0.2) is 11.5 Å². The number of carbonyl (C=O) groups excluding carboxylic acids is 2. The van der Waals surface area contributed by atoms with Crippen LogP contribution in [0.1, 0.15) is 50.8 Å². The quantitative estimate of drug-likeness (QED) is 0.189. The third kappa shape index (κ3) is 6.23. The van der Waals surface area contributed by atoms with Crippen LogP contribution in [0.4, 0.5) is 4.39 Å². The van der Waals surface area contributed by atoms with Gasteiger partial charge in [-0.15, -0.1) is 0 Å². The number of carbonyl (C=O) groups is 2. The van der Waals surface area contributed by atoms with Crippen LogP contribution in [-0.2, 0) is 14.3 Å². The molecule has 3 rings (SSSR count). The maximum absolute atomic E-state index is 13.5. The first-order valence-corrected chi connectivity index (χ1v) is 12.2. The number of Topliss-reactive ketones (excluding diaryl/α,β-unsaturated/α-hetero) is 1. The van der Waals surface area contributed by atoms with Gasteiger partial charge in [-0.05, 0) is 67.6 Å². The largest absolute Gasteiger partial charge is 0.507 e. The van der Waals surface area contributed by atoms with Gasteiger partial charge in [0, 0.05) is 25.8 Å². The lowest BCUT2D eigenvalue weighted by atomic mass is 9.95. The summed E-state index contributed by atoms with van der Waals surface area (Å²) < 4.78 is 30.3. The zero-order valence-electron chi connectivity index (χ0n) is 21.3. The number of rotatable bonds is 12. The molecular weight excluding hydrogens is 465 g/mol. The number of nitrogens with zero attached hydrogens (tertiary/aromatic N) is 1. The summed E-state index contributed by atoms with van der Waals surface area (Å²) in [6.07, 6.45) is 1.38. The summed E-state index contributed by atoms with van der Waals surface area (Å²) in [4.78, 5) is 27.6. The van der Waals surface area contributed by atoms with Gasteiger partial charge in [-0.25, -0.2) is 4.39 Å². The van der Waals surface area contributed by atoms with E-state index >= 15 is 0 Å². The molecule has 1 saturated heterocycles. The lowest BCUT2D eigenvalue weighted by molar-refractivity contribution is -0.140. The summed E-state index contributed by atoms with van der Waals surface area (Å²) in [5, 5.41) is 11.1. The molecule has 0 saturated carbocycles. The van der Waals surface area contributed by atoms with E-state index in [1.165, 1.54) is 29.2 Å². The normalized spacial score (nSPS) is 17.2. The Morgan fingerprint density at radius 1 is 1.06 bits per heavy atom. The van der Waals surface area contributed by atoms with Gasteiger partial charge in [0.2, 0.25) is 0 Å². The summed E-state index contributed by atoms with van der Waals surface area (Å²) >= 11 is 0. The number of likely N-dealkylation sites (tertiary alicyclic amines) is 1. The summed E-state index contributed by atoms with van der Waals surface area (Å²) in [5.41, 5.74) is 0.782. The average Bonchev–Trinajstić information content (AvgIpc) is 3.10. The summed E-state index contributed by atoms with van der Waals surface area (Å²) in [6.45, 7) is 7.66. The summed E-state index contributed by atoms with van der Waals surface area (Å²) in [6, 6.07) is 9.54. The first-order chi connectivity index (χ1) is 17.3. The Morgan fingerprint density at radius 3 is 2.42 bits per heavy atom. The Labute approximate surface area is 211 Å². The molecule has 2 aromatic rings. The van der Waals surface area contributed by atoms with Crippen molar-refractivity contribution in [2.24, 2.45) is 5.92 Å². The number of aliphatic hydroxyl groups excluding tert-OH is 1. The molecule has 1 heterocycles. The van der Waals surface area contributed by atoms with Crippen molar-refractivity contribution in [3.8, 4) is 11.5 Å². The van der Waals surface area contributed by atoms with Crippen molar-refractivity contribution in [1.29, 1.82) is 0 Å². The molecule has 0 aliphatic carbocycles. The molecule has 194 valence electrons. The standard InChI is InChI=1S/C28H34FNO6/c1-5-35-23-17-20(9-12-22(23)36-16-13-18(2)3)25-24(26(31)19-7-10-21(29)11-8-19)27(32)28(33)30(25)14-6-15-34-4/h7-12,17-18,25,31H,5-6,13-16H2,1-4H3. The number of ether oxygens (including phenoxy) is 3. The Hall–Kier alpha value is -3.39. The molecule has 0 aromatic heterocycles. The van der Waals surface area contributed by atoms with E-state index in [0.29, 0.717) is 49.2 Å². The zero-order chi connectivity index (χ0) is 26.2. The number of benzene rings is 2. The average molecular weight is 500 g/mol. The van der Waals surface area contributed by atoms with Crippen LogP contribution in [0.5, 0.6) is 11.5 Å². The molecule has 1 aliphatic heterocycles. The molecule has 0 spiro atoms. The molecule has 1 aliphatic rings. The van der Waals surface area contributed by atoms with Gasteiger partial charge >= 0.3 is 0 Å². The van der Waals surface area contributed by atoms with Crippen molar-refractivity contribution in [1.82, 2.24) is 4.90 Å². The molecule has 1 N–H and O–H groups in total. The molecular formula is C28H34FNO6. The van der Waals surface area contributed by atoms with Crippen LogP contribution < -0.4 is 9.47 Å². The van der Waals surface area contributed by atoms with Crippen LogP contribution >= 0.6 is 0 Å². The molecule has 1 amide bonds. The van der Waals surface area contributed by atoms with Crippen LogP contribution in [-0.4, -0.2) is 55.2 Å². The third-order valence-corrected chi connectivity index (χ3v) is 5.94. The second-order valence-electron chi connectivity index (χ2n) is 9.02. The van der Waals surface area contributed by atoms with Crippen LogP contribution in [0.25, 0.3) is 5.76 Å². The monoisotopic (exact) mass is 499 g/mol. The predicted octanol–water partition coefficient (Wildman–Crippen LogP) is 5.11. The highest BCUT2D eigenvalue weighted by Gasteiger charge is 2.46. The van der Waals surface area contributed by atoms with Gasteiger partial charge in [0.25, 0.3) is 11.7 Å². The van der Waals surface area contributed by atoms with Crippen LogP contribution in [0.3, 0.4) is 0 Å². The second kappa shape index (κ2) is 12.5. The number of halogens is 1. The number of ketones is 1. The van der Waals surface area contributed by atoms with Crippen molar-refractivity contribution in [3.05, 3.63) is 65.0 Å². The first kappa shape index (κ1) is 27.2. The zero-order valence-corrected chi connectivity index (χ0v) is 21.3. The second-order valence-corrected chi connectivity index (χ2v) is 9.02. The molecule has 1 unspecified atom stereocenters. The Morgan fingerprint density at radius 2 is 1.78 bits per heavy atom. The number of aliphatic hydroxyl groups is 1. The highest BCUT2D eigenvalue weighted by Crippen LogP contribution is 2.42. The van der Waals surface area contributed by atoms with Crippen molar-refractivity contribution in [2.45, 2.75) is 39.7 Å². The fourth-order valence-electron chi connectivity index (χ4n) is 4.09. The van der Waals surface area contributed by atoms with Gasteiger partial charge < -0.3 is 24.2 Å². The molecule has 1 fully saturated rings. The van der Waals surface area contributed by atoms with Crippen molar-refractivity contribution in [3.63, 3.8) is 0 Å². The van der Waals surface area contributed by atoms with Crippen molar-refractivity contribution >= 4 is 17.4 Å².